The maximum absolute atomic E-state index is 12.1. The third-order valence-electron chi connectivity index (χ3n) is 3.46. The van der Waals surface area contributed by atoms with E-state index in [0.717, 1.165) is 12.2 Å². The van der Waals surface area contributed by atoms with Crippen molar-refractivity contribution in [3.63, 3.8) is 0 Å². The van der Waals surface area contributed by atoms with E-state index in [1.54, 1.807) is 24.3 Å². The standard InChI is InChI=1S/C17H14N2O2/c18-10-12-4-3-6-14(8-12)17(20)19-11-15-9-13-5-1-2-7-16(13)21-15/h1-8,15H,9,11H2,(H,19,20)/t15-/m0/s1. The van der Waals surface area contributed by atoms with Crippen LogP contribution in [-0.4, -0.2) is 18.6 Å². The van der Waals surface area contributed by atoms with Crippen molar-refractivity contribution in [1.29, 1.82) is 5.26 Å². The van der Waals surface area contributed by atoms with E-state index in [0.29, 0.717) is 17.7 Å². The molecule has 0 aliphatic carbocycles. The van der Waals surface area contributed by atoms with E-state index in [1.807, 2.05) is 30.3 Å². The molecular formula is C17H14N2O2. The number of rotatable bonds is 3. The van der Waals surface area contributed by atoms with Gasteiger partial charge < -0.3 is 10.1 Å². The summed E-state index contributed by atoms with van der Waals surface area (Å²) < 4.78 is 5.77. The van der Waals surface area contributed by atoms with E-state index < -0.39 is 0 Å². The number of para-hydroxylation sites is 1. The minimum Gasteiger partial charge on any atom is -0.488 e. The van der Waals surface area contributed by atoms with Gasteiger partial charge in [0.2, 0.25) is 0 Å². The van der Waals surface area contributed by atoms with Crippen molar-refractivity contribution in [3.8, 4) is 11.8 Å². The molecule has 1 N–H and O–H groups in total. The Morgan fingerprint density at radius 2 is 2.14 bits per heavy atom. The number of hydrogen-bond donors (Lipinski definition) is 1. The zero-order valence-electron chi connectivity index (χ0n) is 11.4. The van der Waals surface area contributed by atoms with Gasteiger partial charge in [-0.2, -0.15) is 5.26 Å². The van der Waals surface area contributed by atoms with Crippen LogP contribution < -0.4 is 10.1 Å². The average Bonchev–Trinajstić information content (AvgIpc) is 2.95. The van der Waals surface area contributed by atoms with Crippen molar-refractivity contribution < 1.29 is 9.53 Å². The van der Waals surface area contributed by atoms with Gasteiger partial charge in [-0.3, -0.25) is 4.79 Å². The van der Waals surface area contributed by atoms with Crippen LogP contribution >= 0.6 is 0 Å². The lowest BCUT2D eigenvalue weighted by Gasteiger charge is -2.12. The van der Waals surface area contributed by atoms with Crippen molar-refractivity contribution in [2.75, 3.05) is 6.54 Å². The molecule has 1 atom stereocenters. The van der Waals surface area contributed by atoms with E-state index in [-0.39, 0.29) is 12.0 Å². The average molecular weight is 278 g/mol. The number of ether oxygens (including phenoxy) is 1. The van der Waals surface area contributed by atoms with E-state index in [1.165, 1.54) is 5.56 Å². The van der Waals surface area contributed by atoms with E-state index in [2.05, 4.69) is 5.32 Å². The van der Waals surface area contributed by atoms with Gasteiger partial charge in [0.25, 0.3) is 5.91 Å². The van der Waals surface area contributed by atoms with E-state index in [4.69, 9.17) is 10.00 Å². The van der Waals surface area contributed by atoms with Gasteiger partial charge in [0.05, 0.1) is 18.2 Å². The summed E-state index contributed by atoms with van der Waals surface area (Å²) >= 11 is 0. The number of hydrogen-bond acceptors (Lipinski definition) is 3. The molecule has 0 unspecified atom stereocenters. The number of nitriles is 1. The highest BCUT2D eigenvalue weighted by Gasteiger charge is 2.22. The summed E-state index contributed by atoms with van der Waals surface area (Å²) in [6, 6.07) is 16.6. The van der Waals surface area contributed by atoms with Crippen LogP contribution in [0.4, 0.5) is 0 Å². The Kier molecular flexibility index (Phi) is 3.57. The number of benzene rings is 2. The van der Waals surface area contributed by atoms with E-state index in [9.17, 15) is 4.79 Å². The van der Waals surface area contributed by atoms with E-state index >= 15 is 0 Å². The summed E-state index contributed by atoms with van der Waals surface area (Å²) in [5.74, 6) is 0.704. The Morgan fingerprint density at radius 3 is 2.95 bits per heavy atom. The van der Waals surface area contributed by atoms with Crippen molar-refractivity contribution in [1.82, 2.24) is 5.32 Å². The lowest BCUT2D eigenvalue weighted by Crippen LogP contribution is -2.34. The van der Waals surface area contributed by atoms with Gasteiger partial charge in [-0.15, -0.1) is 0 Å². The smallest absolute Gasteiger partial charge is 0.251 e. The topological polar surface area (TPSA) is 62.1 Å². The van der Waals surface area contributed by atoms with Gasteiger partial charge in [0.1, 0.15) is 11.9 Å². The summed E-state index contributed by atoms with van der Waals surface area (Å²) in [5, 5.41) is 11.7. The summed E-state index contributed by atoms with van der Waals surface area (Å²) in [5.41, 5.74) is 2.14. The molecule has 0 saturated carbocycles. The van der Waals surface area contributed by atoms with Crippen LogP contribution in [0.15, 0.2) is 48.5 Å². The van der Waals surface area contributed by atoms with Crippen LogP contribution in [0, 0.1) is 11.3 Å². The quantitative estimate of drug-likeness (QED) is 0.937. The molecule has 3 rings (SSSR count). The first-order valence-corrected chi connectivity index (χ1v) is 6.79. The van der Waals surface area contributed by atoms with Crippen LogP contribution in [-0.2, 0) is 6.42 Å². The molecule has 0 aromatic heterocycles. The highest BCUT2D eigenvalue weighted by molar-refractivity contribution is 5.94. The summed E-state index contributed by atoms with van der Waals surface area (Å²) in [6.07, 6.45) is 0.764. The number of carbonyl (C=O) groups is 1. The summed E-state index contributed by atoms with van der Waals surface area (Å²) in [4.78, 5) is 12.1. The first-order valence-electron chi connectivity index (χ1n) is 6.79. The second kappa shape index (κ2) is 5.68. The molecule has 1 heterocycles. The second-order valence-electron chi connectivity index (χ2n) is 4.95. The number of carbonyl (C=O) groups excluding carboxylic acids is 1. The number of amides is 1. The van der Waals surface area contributed by atoms with Gasteiger partial charge in [0, 0.05) is 12.0 Å². The molecule has 4 heteroatoms. The molecule has 0 fully saturated rings. The highest BCUT2D eigenvalue weighted by atomic mass is 16.5. The van der Waals surface area contributed by atoms with Crippen LogP contribution in [0.25, 0.3) is 0 Å². The van der Waals surface area contributed by atoms with Gasteiger partial charge >= 0.3 is 0 Å². The first kappa shape index (κ1) is 13.2. The molecule has 2 aromatic carbocycles. The van der Waals surface area contributed by atoms with Gasteiger partial charge in [0.15, 0.2) is 0 Å². The summed E-state index contributed by atoms with van der Waals surface area (Å²) in [7, 11) is 0. The predicted molar refractivity (Wildman–Crippen MR) is 78.1 cm³/mol. The molecule has 0 radical (unpaired) electrons. The molecule has 0 bridgehead atoms. The monoisotopic (exact) mass is 278 g/mol. The Hall–Kier alpha value is -2.80. The SMILES string of the molecule is N#Cc1cccc(C(=O)NC[C@@H]2Cc3ccccc3O2)c1. The Bertz CT molecular complexity index is 694. The molecule has 2 aromatic rings. The first-order chi connectivity index (χ1) is 10.3. The van der Waals surface area contributed by atoms with Crippen molar-refractivity contribution >= 4 is 5.91 Å². The fourth-order valence-electron chi connectivity index (χ4n) is 2.41. The lowest BCUT2D eigenvalue weighted by molar-refractivity contribution is 0.0933. The van der Waals surface area contributed by atoms with Crippen LogP contribution in [0.3, 0.4) is 0 Å². The van der Waals surface area contributed by atoms with Gasteiger partial charge in [-0.05, 0) is 29.8 Å². The van der Waals surface area contributed by atoms with Crippen LogP contribution in [0.1, 0.15) is 21.5 Å². The van der Waals surface area contributed by atoms with Crippen LogP contribution in [0.5, 0.6) is 5.75 Å². The van der Waals surface area contributed by atoms with Gasteiger partial charge in [-0.25, -0.2) is 0 Å². The fraction of sp³-hybridized carbons (Fsp3) is 0.176. The fourth-order valence-corrected chi connectivity index (χ4v) is 2.41. The third-order valence-corrected chi connectivity index (χ3v) is 3.46. The number of fused-ring (bicyclic) bond motifs is 1. The van der Waals surface area contributed by atoms with Crippen molar-refractivity contribution in [2.45, 2.75) is 12.5 Å². The normalized spacial score (nSPS) is 15.7. The Morgan fingerprint density at radius 1 is 1.29 bits per heavy atom. The predicted octanol–water partition coefficient (Wildman–Crippen LogP) is 2.29. The maximum atomic E-state index is 12.1. The van der Waals surface area contributed by atoms with Crippen molar-refractivity contribution in [2.24, 2.45) is 0 Å². The van der Waals surface area contributed by atoms with Gasteiger partial charge in [-0.1, -0.05) is 24.3 Å². The second-order valence-corrected chi connectivity index (χ2v) is 4.95. The maximum Gasteiger partial charge on any atom is 0.251 e. The molecule has 0 spiro atoms. The number of nitrogens with zero attached hydrogens (tertiary/aromatic N) is 1. The highest BCUT2D eigenvalue weighted by Crippen LogP contribution is 2.27. The molecule has 4 nitrogen and oxygen atoms in total. The largest absolute Gasteiger partial charge is 0.488 e. The Balaban J connectivity index is 1.59. The Labute approximate surface area is 123 Å². The summed E-state index contributed by atoms with van der Waals surface area (Å²) in [6.45, 7) is 0.449. The zero-order chi connectivity index (χ0) is 14.7. The van der Waals surface area contributed by atoms with Crippen LogP contribution in [0.2, 0.25) is 0 Å². The molecule has 1 amide bonds. The lowest BCUT2D eigenvalue weighted by atomic mass is 10.1. The molecule has 1 aliphatic heterocycles. The molecular weight excluding hydrogens is 264 g/mol. The molecule has 104 valence electrons. The number of nitrogens with one attached hydrogen (secondary N) is 1. The molecule has 1 aliphatic rings. The molecule has 21 heavy (non-hydrogen) atoms. The van der Waals surface area contributed by atoms with Crippen molar-refractivity contribution in [3.05, 3.63) is 65.2 Å². The minimum absolute atomic E-state index is 0.0366. The molecule has 0 saturated heterocycles. The zero-order valence-corrected chi connectivity index (χ0v) is 11.4. The minimum atomic E-state index is -0.188. The third kappa shape index (κ3) is 2.87.